The fourth-order valence-electron chi connectivity index (χ4n) is 4.78. The molecular weight excluding hydrogens is 638 g/mol. The number of piperazine rings is 1. The highest BCUT2D eigenvalue weighted by Crippen LogP contribution is 2.48. The van der Waals surface area contributed by atoms with E-state index < -0.39 is 23.9 Å². The third-order valence-electron chi connectivity index (χ3n) is 7.11. The second-order valence-electron chi connectivity index (χ2n) is 10.6. The fraction of sp³-hybridized carbons (Fsp3) is 0.229. The fourth-order valence-corrected chi connectivity index (χ4v) is 5.85. The molecule has 2 aliphatic rings. The third-order valence-corrected chi connectivity index (χ3v) is 8.24. The highest BCUT2D eigenvalue weighted by atomic mass is 32.2. The van der Waals surface area contributed by atoms with Crippen LogP contribution >= 0.6 is 11.8 Å². The average molecular weight is 676 g/mol. The second-order valence-corrected chi connectivity index (χ2v) is 11.7. The first kappa shape index (κ1) is 37.2. The largest absolute Gasteiger partial charge is 0.478 e. The zero-order valence-corrected chi connectivity index (χ0v) is 27.1. The highest BCUT2D eigenvalue weighted by molar-refractivity contribution is 7.99. The number of likely N-dealkylation sites (N-methyl/N-ethyl adjacent to an activating group) is 1. The number of hydrogen-bond acceptors (Lipinski definition) is 9. The van der Waals surface area contributed by atoms with Gasteiger partial charge in [-0.1, -0.05) is 54.2 Å². The number of nitrogens with zero attached hydrogens (tertiary/aromatic N) is 3. The number of aliphatic carboxylic acids is 4. The Morgan fingerprint density at radius 3 is 1.71 bits per heavy atom. The quantitative estimate of drug-likeness (QED) is 0.174. The highest BCUT2D eigenvalue weighted by Gasteiger charge is 2.25. The Morgan fingerprint density at radius 1 is 0.625 bits per heavy atom. The van der Waals surface area contributed by atoms with Gasteiger partial charge in [0, 0.05) is 77.9 Å². The smallest absolute Gasteiger partial charge is 0.328 e. The van der Waals surface area contributed by atoms with Gasteiger partial charge >= 0.3 is 23.9 Å². The van der Waals surface area contributed by atoms with E-state index in [2.05, 4.69) is 58.1 Å². The number of ketones is 1. The Labute approximate surface area is 282 Å². The summed E-state index contributed by atoms with van der Waals surface area (Å²) in [5, 5.41) is 31.2. The maximum absolute atomic E-state index is 13.1. The molecule has 0 unspecified atom stereocenters. The number of benzene rings is 3. The number of anilines is 2. The lowest BCUT2D eigenvalue weighted by Gasteiger charge is -2.35. The van der Waals surface area contributed by atoms with Crippen LogP contribution in [0.4, 0.5) is 11.4 Å². The summed E-state index contributed by atoms with van der Waals surface area (Å²) < 4.78 is 0. The van der Waals surface area contributed by atoms with E-state index in [0.717, 1.165) is 62.5 Å². The molecule has 3 aromatic carbocycles. The van der Waals surface area contributed by atoms with E-state index in [9.17, 15) is 24.0 Å². The zero-order chi connectivity index (χ0) is 35.1. The van der Waals surface area contributed by atoms with Gasteiger partial charge in [0.1, 0.15) is 0 Å². The van der Waals surface area contributed by atoms with Crippen LogP contribution in [0.15, 0.2) is 107 Å². The van der Waals surface area contributed by atoms with E-state index in [1.54, 1.807) is 11.8 Å². The molecule has 3 aromatic rings. The lowest BCUT2D eigenvalue weighted by atomic mass is 10.0. The molecular formula is C35H37N3O9S. The molecule has 1 saturated heterocycles. The van der Waals surface area contributed by atoms with Gasteiger partial charge in [-0.15, -0.1) is 0 Å². The van der Waals surface area contributed by atoms with Crippen molar-refractivity contribution in [1.82, 2.24) is 9.80 Å². The molecule has 12 nitrogen and oxygen atoms in total. The van der Waals surface area contributed by atoms with Gasteiger partial charge in [-0.3, -0.25) is 4.79 Å². The van der Waals surface area contributed by atoms with Gasteiger partial charge in [0.25, 0.3) is 0 Å². The second kappa shape index (κ2) is 18.8. The average Bonchev–Trinajstić information content (AvgIpc) is 3.07. The van der Waals surface area contributed by atoms with Crippen LogP contribution < -0.4 is 4.90 Å². The minimum absolute atomic E-state index is 0.0784. The number of fused-ring (bicyclic) bond motifs is 2. The monoisotopic (exact) mass is 675 g/mol. The molecule has 1 fully saturated rings. The standard InChI is InChI=1S/C27H29N3OS.2C4H4O4/c1-28-16-18-29(19-17-28)14-7-15-30-23-10-5-6-11-25(23)32-26-13-12-22(20-24(26)30)27(31)21-8-3-2-4-9-21;2*5-3(6)1-2-4(7)8/h2-6,8-13,20H,7,14-19H2,1H3;2*1-2H,(H,5,6)(H,7,8)/b;2*2-1-. The third kappa shape index (κ3) is 12.2. The van der Waals surface area contributed by atoms with Crippen LogP contribution in [0, 0.1) is 0 Å². The summed E-state index contributed by atoms with van der Waals surface area (Å²) in [7, 11) is 2.20. The van der Waals surface area contributed by atoms with Gasteiger partial charge in [0.15, 0.2) is 5.78 Å². The van der Waals surface area contributed by atoms with Crippen molar-refractivity contribution < 1.29 is 44.4 Å². The maximum Gasteiger partial charge on any atom is 0.328 e. The predicted molar refractivity (Wildman–Crippen MR) is 181 cm³/mol. The molecule has 0 radical (unpaired) electrons. The molecule has 0 amide bonds. The normalized spacial score (nSPS) is 14.1. The minimum atomic E-state index is -1.26. The van der Waals surface area contributed by atoms with E-state index >= 15 is 0 Å². The molecule has 0 spiro atoms. The number of para-hydroxylation sites is 1. The summed E-state index contributed by atoms with van der Waals surface area (Å²) in [6.45, 7) is 6.65. The van der Waals surface area contributed by atoms with Gasteiger partial charge in [-0.2, -0.15) is 0 Å². The van der Waals surface area contributed by atoms with Gasteiger partial charge in [0.2, 0.25) is 0 Å². The lowest BCUT2D eigenvalue weighted by Crippen LogP contribution is -2.45. The molecule has 13 heteroatoms. The maximum atomic E-state index is 13.1. The molecule has 0 atom stereocenters. The summed E-state index contributed by atoms with van der Waals surface area (Å²) in [5.41, 5.74) is 3.87. The van der Waals surface area contributed by atoms with E-state index in [4.69, 9.17) is 20.4 Å². The van der Waals surface area contributed by atoms with E-state index in [1.807, 2.05) is 36.4 Å². The molecule has 2 aliphatic heterocycles. The summed E-state index contributed by atoms with van der Waals surface area (Å²) >= 11 is 1.80. The first-order valence-electron chi connectivity index (χ1n) is 14.9. The Hall–Kier alpha value is -5.24. The lowest BCUT2D eigenvalue weighted by molar-refractivity contribution is -0.134. The van der Waals surface area contributed by atoms with Crippen LogP contribution in [0.3, 0.4) is 0 Å². The van der Waals surface area contributed by atoms with Gasteiger partial charge in [0.05, 0.1) is 11.4 Å². The number of carboxylic acid groups (broad SMARTS) is 4. The van der Waals surface area contributed by atoms with Gasteiger partial charge in [-0.05, 0) is 50.3 Å². The summed E-state index contributed by atoms with van der Waals surface area (Å²) in [6, 6.07) is 24.3. The van der Waals surface area contributed by atoms with Crippen LogP contribution in [-0.2, 0) is 19.2 Å². The van der Waals surface area contributed by atoms with Crippen LogP contribution in [-0.4, -0.2) is 106 Å². The van der Waals surface area contributed by atoms with E-state index in [0.29, 0.717) is 24.3 Å². The van der Waals surface area contributed by atoms with Crippen molar-refractivity contribution in [3.63, 3.8) is 0 Å². The molecule has 0 bridgehead atoms. The zero-order valence-electron chi connectivity index (χ0n) is 26.3. The summed E-state index contributed by atoms with van der Waals surface area (Å²) in [5.74, 6) is -4.95. The van der Waals surface area contributed by atoms with Crippen molar-refractivity contribution >= 4 is 52.8 Å². The molecule has 0 aromatic heterocycles. The molecule has 5 rings (SSSR count). The SMILES string of the molecule is CN1CCN(CCCN2c3ccccc3Sc3ccc(C(=O)c4ccccc4)cc32)CC1.O=C(O)/C=C\C(=O)O.O=C(O)/C=C\C(=O)O. The Kier molecular flexibility index (Phi) is 14.6. The molecule has 0 aliphatic carbocycles. The predicted octanol–water partition coefficient (Wildman–Crippen LogP) is 4.58. The molecule has 252 valence electrons. The van der Waals surface area contributed by atoms with E-state index in [1.165, 1.54) is 15.5 Å². The number of carbonyl (C=O) groups excluding carboxylic acids is 1. The first-order chi connectivity index (χ1) is 22.9. The van der Waals surface area contributed by atoms with Crippen molar-refractivity contribution in [3.05, 3.63) is 108 Å². The molecule has 2 heterocycles. The van der Waals surface area contributed by atoms with E-state index in [-0.39, 0.29) is 5.78 Å². The Balaban J connectivity index is 0.000000325. The number of rotatable bonds is 10. The van der Waals surface area contributed by atoms with Crippen molar-refractivity contribution in [2.24, 2.45) is 0 Å². The molecule has 0 saturated carbocycles. The summed E-state index contributed by atoms with van der Waals surface area (Å²) in [4.78, 5) is 61.2. The Bertz CT molecular complexity index is 1590. The van der Waals surface area contributed by atoms with Crippen molar-refractivity contribution in [1.29, 1.82) is 0 Å². The Morgan fingerprint density at radius 2 is 1.15 bits per heavy atom. The first-order valence-corrected chi connectivity index (χ1v) is 15.7. The van der Waals surface area contributed by atoms with Crippen LogP contribution in [0.2, 0.25) is 0 Å². The minimum Gasteiger partial charge on any atom is -0.478 e. The van der Waals surface area contributed by atoms with Crippen LogP contribution in [0.5, 0.6) is 0 Å². The number of carbonyl (C=O) groups is 5. The number of hydrogen-bond donors (Lipinski definition) is 4. The van der Waals surface area contributed by atoms with Gasteiger partial charge in [-0.25, -0.2) is 19.2 Å². The van der Waals surface area contributed by atoms with Crippen LogP contribution in [0.25, 0.3) is 0 Å². The topological polar surface area (TPSA) is 176 Å². The van der Waals surface area contributed by atoms with Gasteiger partial charge < -0.3 is 35.1 Å². The van der Waals surface area contributed by atoms with Crippen LogP contribution in [0.1, 0.15) is 22.3 Å². The summed E-state index contributed by atoms with van der Waals surface area (Å²) in [6.07, 6.45) is 3.33. The van der Waals surface area contributed by atoms with Crippen molar-refractivity contribution in [3.8, 4) is 0 Å². The number of carboxylic acids is 4. The molecule has 48 heavy (non-hydrogen) atoms. The van der Waals surface area contributed by atoms with Crippen molar-refractivity contribution in [2.75, 3.05) is 51.2 Å². The van der Waals surface area contributed by atoms with Crippen molar-refractivity contribution in [2.45, 2.75) is 16.2 Å². The molecule has 4 N–H and O–H groups in total.